The van der Waals surface area contributed by atoms with Crippen molar-refractivity contribution in [1.82, 2.24) is 10.2 Å². The molecule has 1 aromatic heterocycles. The summed E-state index contributed by atoms with van der Waals surface area (Å²) in [6, 6.07) is 2.42. The zero-order valence-corrected chi connectivity index (χ0v) is 17.6. The van der Waals surface area contributed by atoms with Crippen molar-refractivity contribution in [3.8, 4) is 0 Å². The maximum atomic E-state index is 11.7. The molecular formula is C20H33N3O3S. The smallest absolute Gasteiger partial charge is 0.194 e. The minimum Gasteiger partial charge on any atom is -0.469 e. The fraction of sp³-hybridized carbons (Fsp3) is 0.750. The first-order valence-electron chi connectivity index (χ1n) is 10.1. The van der Waals surface area contributed by atoms with Gasteiger partial charge in [0, 0.05) is 31.7 Å². The predicted octanol–water partition coefficient (Wildman–Crippen LogP) is 2.98. The molecule has 0 radical (unpaired) electrons. The molecule has 0 bridgehead atoms. The van der Waals surface area contributed by atoms with Gasteiger partial charge in [0.1, 0.15) is 5.76 Å². The Balaban J connectivity index is 1.70. The van der Waals surface area contributed by atoms with Crippen molar-refractivity contribution in [3.63, 3.8) is 0 Å². The Morgan fingerprint density at radius 2 is 2.11 bits per heavy atom. The number of furan rings is 1. The number of nitrogens with zero attached hydrogens (tertiary/aromatic N) is 2. The van der Waals surface area contributed by atoms with Crippen LogP contribution in [0, 0.1) is 18.8 Å². The lowest BCUT2D eigenvalue weighted by Crippen LogP contribution is -2.47. The van der Waals surface area contributed by atoms with Crippen LogP contribution in [-0.2, 0) is 16.4 Å². The lowest BCUT2D eigenvalue weighted by molar-refractivity contribution is 0.297. The number of hydrogen-bond donors (Lipinski definition) is 1. The maximum Gasteiger partial charge on any atom is 0.194 e. The third-order valence-corrected chi connectivity index (χ3v) is 7.82. The summed E-state index contributed by atoms with van der Waals surface area (Å²) in [4.78, 5) is 6.97. The topological polar surface area (TPSA) is 74.9 Å². The molecule has 7 heteroatoms. The highest BCUT2D eigenvalue weighted by Gasteiger charge is 2.28. The standard InChI is InChI=1S/C20H33N3O3S/c1-15-6-4-5-7-19(15)22-20(21-12-17-9-11-27(24,25)14-17)23(3)13-18-8-10-26-16(18)2/h8,10,15,17,19H,4-7,9,11-14H2,1-3H3,(H,21,22). The molecule has 1 N–H and O–H groups in total. The molecule has 3 atom stereocenters. The highest BCUT2D eigenvalue weighted by Crippen LogP contribution is 2.24. The molecule has 1 aliphatic heterocycles. The second-order valence-corrected chi connectivity index (χ2v) is 10.5. The normalized spacial score (nSPS) is 28.3. The number of rotatable bonds is 5. The molecule has 152 valence electrons. The van der Waals surface area contributed by atoms with Crippen molar-refractivity contribution in [2.75, 3.05) is 25.1 Å². The lowest BCUT2D eigenvalue weighted by Gasteiger charge is -2.33. The Hall–Kier alpha value is -1.50. The second kappa shape index (κ2) is 8.67. The Morgan fingerprint density at radius 1 is 1.33 bits per heavy atom. The van der Waals surface area contributed by atoms with Gasteiger partial charge in [-0.05, 0) is 44.1 Å². The molecule has 3 unspecified atom stereocenters. The van der Waals surface area contributed by atoms with Gasteiger partial charge in [0.15, 0.2) is 15.8 Å². The van der Waals surface area contributed by atoms with E-state index < -0.39 is 9.84 Å². The summed E-state index contributed by atoms with van der Waals surface area (Å²) in [5.74, 6) is 3.14. The summed E-state index contributed by atoms with van der Waals surface area (Å²) in [6.07, 6.45) is 7.41. The van der Waals surface area contributed by atoms with Crippen LogP contribution in [0.25, 0.3) is 0 Å². The van der Waals surface area contributed by atoms with Crippen LogP contribution in [-0.4, -0.2) is 50.4 Å². The van der Waals surface area contributed by atoms with E-state index in [4.69, 9.17) is 9.41 Å². The van der Waals surface area contributed by atoms with E-state index in [1.54, 1.807) is 6.26 Å². The monoisotopic (exact) mass is 395 g/mol. The van der Waals surface area contributed by atoms with Crippen LogP contribution >= 0.6 is 0 Å². The van der Waals surface area contributed by atoms with E-state index >= 15 is 0 Å². The van der Waals surface area contributed by atoms with Gasteiger partial charge in [0.25, 0.3) is 0 Å². The van der Waals surface area contributed by atoms with Crippen LogP contribution < -0.4 is 5.32 Å². The van der Waals surface area contributed by atoms with Crippen LogP contribution in [0.4, 0.5) is 0 Å². The SMILES string of the molecule is Cc1occc1CN(C)C(=NCC1CCS(=O)(=O)C1)NC1CCCCC1C. The van der Waals surface area contributed by atoms with Gasteiger partial charge in [-0.25, -0.2) is 8.42 Å². The van der Waals surface area contributed by atoms with E-state index in [9.17, 15) is 8.42 Å². The first-order valence-corrected chi connectivity index (χ1v) is 11.9. The van der Waals surface area contributed by atoms with E-state index in [0.29, 0.717) is 24.3 Å². The summed E-state index contributed by atoms with van der Waals surface area (Å²) in [5.41, 5.74) is 1.15. The molecule has 1 aliphatic carbocycles. The first-order chi connectivity index (χ1) is 12.8. The summed E-state index contributed by atoms with van der Waals surface area (Å²) in [5, 5.41) is 3.68. The van der Waals surface area contributed by atoms with Crippen molar-refractivity contribution in [1.29, 1.82) is 0 Å². The van der Waals surface area contributed by atoms with Crippen molar-refractivity contribution in [2.45, 2.75) is 58.5 Å². The van der Waals surface area contributed by atoms with E-state index in [1.807, 2.05) is 20.0 Å². The molecule has 1 aromatic rings. The van der Waals surface area contributed by atoms with Gasteiger partial charge in [0.2, 0.25) is 0 Å². The molecule has 1 saturated carbocycles. The molecule has 1 saturated heterocycles. The van der Waals surface area contributed by atoms with E-state index in [2.05, 4.69) is 17.1 Å². The number of guanidine groups is 1. The van der Waals surface area contributed by atoms with Crippen molar-refractivity contribution < 1.29 is 12.8 Å². The van der Waals surface area contributed by atoms with Crippen molar-refractivity contribution in [3.05, 3.63) is 23.7 Å². The zero-order chi connectivity index (χ0) is 19.4. The molecule has 0 amide bonds. The van der Waals surface area contributed by atoms with Crippen LogP contribution in [0.2, 0.25) is 0 Å². The Morgan fingerprint density at radius 3 is 2.74 bits per heavy atom. The van der Waals surface area contributed by atoms with E-state index in [-0.39, 0.29) is 11.7 Å². The van der Waals surface area contributed by atoms with Crippen LogP contribution in [0.1, 0.15) is 50.4 Å². The molecule has 2 aliphatic rings. The number of nitrogens with one attached hydrogen (secondary N) is 1. The van der Waals surface area contributed by atoms with Gasteiger partial charge in [-0.1, -0.05) is 19.8 Å². The fourth-order valence-corrected chi connectivity index (χ4v) is 5.96. The van der Waals surface area contributed by atoms with Crippen LogP contribution in [0.5, 0.6) is 0 Å². The molecule has 0 spiro atoms. The Labute approximate surface area is 163 Å². The number of aliphatic imine (C=N–C) groups is 1. The minimum atomic E-state index is -2.86. The molecule has 3 rings (SSSR count). The molecule has 0 aromatic carbocycles. The van der Waals surface area contributed by atoms with Gasteiger partial charge in [0.05, 0.1) is 17.8 Å². The van der Waals surface area contributed by atoms with Gasteiger partial charge < -0.3 is 14.6 Å². The molecule has 2 fully saturated rings. The molecular weight excluding hydrogens is 362 g/mol. The van der Waals surface area contributed by atoms with Gasteiger partial charge >= 0.3 is 0 Å². The van der Waals surface area contributed by atoms with E-state index in [1.165, 1.54) is 19.3 Å². The summed E-state index contributed by atoms with van der Waals surface area (Å²) >= 11 is 0. The largest absolute Gasteiger partial charge is 0.469 e. The van der Waals surface area contributed by atoms with Gasteiger partial charge in [-0.2, -0.15) is 0 Å². The van der Waals surface area contributed by atoms with Crippen LogP contribution in [0.3, 0.4) is 0 Å². The predicted molar refractivity (Wildman–Crippen MR) is 109 cm³/mol. The van der Waals surface area contributed by atoms with Crippen molar-refractivity contribution >= 4 is 15.8 Å². The lowest BCUT2D eigenvalue weighted by atomic mass is 9.86. The quantitative estimate of drug-likeness (QED) is 0.613. The molecule has 6 nitrogen and oxygen atoms in total. The Kier molecular flexibility index (Phi) is 6.50. The number of sulfone groups is 1. The summed E-state index contributed by atoms with van der Waals surface area (Å²) < 4.78 is 28.9. The summed E-state index contributed by atoms with van der Waals surface area (Å²) in [7, 11) is -0.823. The second-order valence-electron chi connectivity index (χ2n) is 8.30. The van der Waals surface area contributed by atoms with Crippen LogP contribution in [0.15, 0.2) is 21.7 Å². The molecule has 27 heavy (non-hydrogen) atoms. The fourth-order valence-electron chi connectivity index (χ4n) is 4.11. The number of aryl methyl sites for hydroxylation is 1. The minimum absolute atomic E-state index is 0.139. The average Bonchev–Trinajstić information content (AvgIpc) is 3.18. The van der Waals surface area contributed by atoms with E-state index in [0.717, 1.165) is 36.7 Å². The average molecular weight is 396 g/mol. The Bertz CT molecular complexity index is 756. The van der Waals surface area contributed by atoms with Gasteiger partial charge in [-0.15, -0.1) is 0 Å². The highest BCUT2D eigenvalue weighted by atomic mass is 32.2. The highest BCUT2D eigenvalue weighted by molar-refractivity contribution is 7.91. The summed E-state index contributed by atoms with van der Waals surface area (Å²) in [6.45, 7) is 5.56. The van der Waals surface area contributed by atoms with Crippen molar-refractivity contribution in [2.24, 2.45) is 16.8 Å². The number of hydrogen-bond acceptors (Lipinski definition) is 4. The maximum absolute atomic E-state index is 11.7. The third-order valence-electron chi connectivity index (χ3n) is 5.99. The molecule has 2 heterocycles. The zero-order valence-electron chi connectivity index (χ0n) is 16.8. The van der Waals surface area contributed by atoms with Gasteiger partial charge in [-0.3, -0.25) is 4.99 Å². The first kappa shape index (κ1) is 20.2. The third kappa shape index (κ3) is 5.50.